The Morgan fingerprint density at radius 2 is 2.21 bits per heavy atom. The summed E-state index contributed by atoms with van der Waals surface area (Å²) in [7, 11) is 0. The maximum atomic E-state index is 9.48. The number of aliphatic hydroxyl groups excluding tert-OH is 1. The lowest BCUT2D eigenvalue weighted by Gasteiger charge is -2.46. The Labute approximate surface area is 83.9 Å². The molecule has 0 spiro atoms. The first-order valence-electron chi connectivity index (χ1n) is 4.96. The van der Waals surface area contributed by atoms with Crippen molar-refractivity contribution in [3.63, 3.8) is 0 Å². The number of hydrogen-bond donors (Lipinski definition) is 2. The van der Waals surface area contributed by atoms with Crippen LogP contribution in [0.15, 0.2) is 16.9 Å². The molecule has 0 aliphatic heterocycles. The lowest BCUT2D eigenvalue weighted by Crippen LogP contribution is -2.55. The van der Waals surface area contributed by atoms with Gasteiger partial charge in [0.15, 0.2) is 0 Å². The molecule has 1 aliphatic rings. The first-order valence-corrected chi connectivity index (χ1v) is 4.96. The van der Waals surface area contributed by atoms with Crippen molar-refractivity contribution >= 4 is 0 Å². The van der Waals surface area contributed by atoms with E-state index in [9.17, 15) is 5.11 Å². The molecular formula is C11H17NO2. The summed E-state index contributed by atoms with van der Waals surface area (Å²) in [5.41, 5.74) is 7.65. The molecule has 78 valence electrons. The monoisotopic (exact) mass is 195 g/mol. The highest BCUT2D eigenvalue weighted by atomic mass is 16.3. The molecule has 0 fully saturated rings. The molecule has 3 N–H and O–H groups in total. The molecule has 1 atom stereocenters. The third-order valence-corrected chi connectivity index (χ3v) is 3.70. The van der Waals surface area contributed by atoms with Crippen LogP contribution in [0, 0.1) is 5.41 Å². The zero-order valence-electron chi connectivity index (χ0n) is 8.71. The van der Waals surface area contributed by atoms with E-state index in [1.54, 1.807) is 12.5 Å². The van der Waals surface area contributed by atoms with Crippen molar-refractivity contribution < 1.29 is 9.52 Å². The Kier molecular flexibility index (Phi) is 1.98. The Hall–Kier alpha value is -0.800. The number of furan rings is 1. The minimum Gasteiger partial charge on any atom is -0.472 e. The zero-order valence-corrected chi connectivity index (χ0v) is 8.71. The number of rotatable bonds is 1. The molecule has 3 nitrogen and oxygen atoms in total. The fraction of sp³-hybridized carbons (Fsp3) is 0.636. The van der Waals surface area contributed by atoms with Crippen LogP contribution in [0.25, 0.3) is 0 Å². The first-order chi connectivity index (χ1) is 6.51. The maximum Gasteiger partial charge on any atom is 0.0957 e. The molecule has 0 aromatic carbocycles. The highest BCUT2D eigenvalue weighted by Gasteiger charge is 2.47. The molecule has 1 aromatic heterocycles. The van der Waals surface area contributed by atoms with Gasteiger partial charge in [-0.15, -0.1) is 0 Å². The average molecular weight is 195 g/mol. The van der Waals surface area contributed by atoms with Crippen molar-refractivity contribution in [1.82, 2.24) is 0 Å². The van der Waals surface area contributed by atoms with Crippen LogP contribution in [0.5, 0.6) is 0 Å². The molecule has 14 heavy (non-hydrogen) atoms. The van der Waals surface area contributed by atoms with E-state index in [0.717, 1.165) is 24.0 Å². The smallest absolute Gasteiger partial charge is 0.0957 e. The zero-order chi connectivity index (χ0) is 10.4. The van der Waals surface area contributed by atoms with Gasteiger partial charge in [0.2, 0.25) is 0 Å². The molecule has 3 heteroatoms. The molecule has 0 radical (unpaired) electrons. The largest absolute Gasteiger partial charge is 0.472 e. The van der Waals surface area contributed by atoms with Crippen molar-refractivity contribution in [1.29, 1.82) is 0 Å². The Morgan fingerprint density at radius 3 is 2.86 bits per heavy atom. The van der Waals surface area contributed by atoms with Crippen molar-refractivity contribution in [3.05, 3.63) is 23.7 Å². The van der Waals surface area contributed by atoms with E-state index in [0.29, 0.717) is 0 Å². The average Bonchev–Trinajstić information content (AvgIpc) is 2.60. The van der Waals surface area contributed by atoms with Gasteiger partial charge in [-0.3, -0.25) is 0 Å². The summed E-state index contributed by atoms with van der Waals surface area (Å²) in [6, 6.07) is 0. The number of fused-ring (bicyclic) bond motifs is 1. The van der Waals surface area contributed by atoms with E-state index in [-0.39, 0.29) is 12.0 Å². The van der Waals surface area contributed by atoms with E-state index in [4.69, 9.17) is 10.2 Å². The second-order valence-corrected chi connectivity index (χ2v) is 4.82. The number of nitrogens with two attached hydrogens (primary N) is 1. The summed E-state index contributed by atoms with van der Waals surface area (Å²) in [6.45, 7) is 4.16. The van der Waals surface area contributed by atoms with E-state index in [1.165, 1.54) is 0 Å². The van der Waals surface area contributed by atoms with E-state index >= 15 is 0 Å². The summed E-state index contributed by atoms with van der Waals surface area (Å²) in [5.74, 6) is 0. The Morgan fingerprint density at radius 1 is 1.50 bits per heavy atom. The maximum absolute atomic E-state index is 9.48. The summed E-state index contributed by atoms with van der Waals surface area (Å²) in [5, 5.41) is 9.48. The van der Waals surface area contributed by atoms with Gasteiger partial charge < -0.3 is 15.3 Å². The molecule has 1 aliphatic carbocycles. The Bertz CT molecular complexity index is 343. The molecular weight excluding hydrogens is 178 g/mol. The van der Waals surface area contributed by atoms with Gasteiger partial charge in [0.25, 0.3) is 0 Å². The van der Waals surface area contributed by atoms with Crippen LogP contribution in [0.4, 0.5) is 0 Å². The molecule has 1 unspecified atom stereocenters. The minimum atomic E-state index is -0.659. The van der Waals surface area contributed by atoms with Crippen LogP contribution in [0.1, 0.15) is 31.4 Å². The molecule has 1 heterocycles. The van der Waals surface area contributed by atoms with Gasteiger partial charge in [-0.25, -0.2) is 0 Å². The topological polar surface area (TPSA) is 59.4 Å². The van der Waals surface area contributed by atoms with Crippen LogP contribution in [0.3, 0.4) is 0 Å². The van der Waals surface area contributed by atoms with Crippen LogP contribution >= 0.6 is 0 Å². The number of aliphatic hydroxyl groups is 1. The van der Waals surface area contributed by atoms with Gasteiger partial charge in [-0.05, 0) is 23.8 Å². The van der Waals surface area contributed by atoms with Gasteiger partial charge >= 0.3 is 0 Å². The van der Waals surface area contributed by atoms with Gasteiger partial charge in [0.1, 0.15) is 0 Å². The van der Waals surface area contributed by atoms with Gasteiger partial charge in [-0.2, -0.15) is 0 Å². The molecule has 0 saturated heterocycles. The van der Waals surface area contributed by atoms with E-state index in [2.05, 4.69) is 13.8 Å². The molecule has 0 saturated carbocycles. The van der Waals surface area contributed by atoms with Gasteiger partial charge in [0.05, 0.1) is 24.7 Å². The van der Waals surface area contributed by atoms with Crippen molar-refractivity contribution in [2.45, 2.75) is 32.2 Å². The SMILES string of the molecule is CC1(C)CCc2cocc2C1(N)CO. The minimum absolute atomic E-state index is 0.0352. The normalized spacial score (nSPS) is 30.0. The standard InChI is InChI=1S/C11H17NO2/c1-10(2)4-3-8-5-14-6-9(8)11(10,12)7-13/h5-6,13H,3-4,7,12H2,1-2H3. The first kappa shape index (κ1) is 9.74. The van der Waals surface area contributed by atoms with Crippen molar-refractivity contribution in [3.8, 4) is 0 Å². The molecule has 2 rings (SSSR count). The van der Waals surface area contributed by atoms with Crippen molar-refractivity contribution in [2.24, 2.45) is 11.1 Å². The van der Waals surface area contributed by atoms with Crippen LogP contribution in [-0.4, -0.2) is 11.7 Å². The number of aryl methyl sites for hydroxylation is 1. The Balaban J connectivity index is 2.55. The van der Waals surface area contributed by atoms with E-state index in [1.807, 2.05) is 0 Å². The fourth-order valence-corrected chi connectivity index (χ4v) is 2.24. The van der Waals surface area contributed by atoms with Gasteiger partial charge in [0, 0.05) is 5.56 Å². The summed E-state index contributed by atoms with van der Waals surface area (Å²) >= 11 is 0. The van der Waals surface area contributed by atoms with Crippen molar-refractivity contribution in [2.75, 3.05) is 6.61 Å². The van der Waals surface area contributed by atoms with Crippen LogP contribution < -0.4 is 5.73 Å². The summed E-state index contributed by atoms with van der Waals surface area (Å²) < 4.78 is 5.17. The second kappa shape index (κ2) is 2.84. The molecule has 0 amide bonds. The highest BCUT2D eigenvalue weighted by Crippen LogP contribution is 2.46. The lowest BCUT2D eigenvalue weighted by atomic mass is 9.62. The van der Waals surface area contributed by atoms with Crippen LogP contribution in [0.2, 0.25) is 0 Å². The summed E-state index contributed by atoms with van der Waals surface area (Å²) in [6.07, 6.45) is 5.38. The third-order valence-electron chi connectivity index (χ3n) is 3.70. The molecule has 0 bridgehead atoms. The predicted molar refractivity (Wildman–Crippen MR) is 53.8 cm³/mol. The summed E-state index contributed by atoms with van der Waals surface area (Å²) in [4.78, 5) is 0. The highest BCUT2D eigenvalue weighted by molar-refractivity contribution is 5.34. The second-order valence-electron chi connectivity index (χ2n) is 4.82. The third kappa shape index (κ3) is 1.06. The number of hydrogen-bond acceptors (Lipinski definition) is 3. The molecule has 1 aromatic rings. The van der Waals surface area contributed by atoms with Crippen LogP contribution in [-0.2, 0) is 12.0 Å². The lowest BCUT2D eigenvalue weighted by molar-refractivity contribution is 0.0634. The van der Waals surface area contributed by atoms with E-state index < -0.39 is 5.54 Å². The van der Waals surface area contributed by atoms with Gasteiger partial charge in [-0.1, -0.05) is 13.8 Å². The fourth-order valence-electron chi connectivity index (χ4n) is 2.24. The predicted octanol–water partition coefficient (Wildman–Crippen LogP) is 1.40. The quantitative estimate of drug-likeness (QED) is 0.712.